The highest BCUT2D eigenvalue weighted by molar-refractivity contribution is 7.98. The average molecular weight is 639 g/mol. The Morgan fingerprint density at radius 3 is 2.17 bits per heavy atom. The Kier molecular flexibility index (Phi) is 11.8. The quantitative estimate of drug-likeness (QED) is 0.236. The van der Waals surface area contributed by atoms with Crippen molar-refractivity contribution in [3.63, 3.8) is 0 Å². The maximum absolute atomic E-state index is 14.1. The van der Waals surface area contributed by atoms with Crippen LogP contribution >= 0.6 is 35.0 Å². The monoisotopic (exact) mass is 637 g/mol. The van der Waals surface area contributed by atoms with E-state index in [9.17, 15) is 18.0 Å². The standard InChI is InChI=1S/C29H33Cl2N3O5S2/c1-5-25(29(36)32-3)33(18-22-23(30)10-9-11-24(22)31)28(35)19-34(26-12-7-8-13-27(26)39-6-2)41(37,38)21-16-14-20(40-4)15-17-21/h7-17,25H,5-6,18-19H2,1-4H3,(H,32,36). The Morgan fingerprint density at radius 1 is 0.976 bits per heavy atom. The molecule has 0 aliphatic heterocycles. The van der Waals surface area contributed by atoms with Gasteiger partial charge < -0.3 is 15.0 Å². The number of benzene rings is 3. The Balaban J connectivity index is 2.15. The van der Waals surface area contributed by atoms with Gasteiger partial charge in [-0.25, -0.2) is 8.42 Å². The highest BCUT2D eigenvalue weighted by Gasteiger charge is 2.35. The number of carbonyl (C=O) groups is 2. The van der Waals surface area contributed by atoms with Crippen LogP contribution in [0.3, 0.4) is 0 Å². The van der Waals surface area contributed by atoms with E-state index in [4.69, 9.17) is 27.9 Å². The van der Waals surface area contributed by atoms with Gasteiger partial charge >= 0.3 is 0 Å². The topological polar surface area (TPSA) is 96.0 Å². The summed E-state index contributed by atoms with van der Waals surface area (Å²) in [5.74, 6) is -0.723. The van der Waals surface area contributed by atoms with Gasteiger partial charge in [-0.1, -0.05) is 48.3 Å². The van der Waals surface area contributed by atoms with Gasteiger partial charge in [-0.05, 0) is 68.1 Å². The van der Waals surface area contributed by atoms with Crippen molar-refractivity contribution >= 4 is 62.5 Å². The highest BCUT2D eigenvalue weighted by Crippen LogP contribution is 2.34. The van der Waals surface area contributed by atoms with Crippen LogP contribution in [-0.4, -0.2) is 57.6 Å². The van der Waals surface area contributed by atoms with Gasteiger partial charge in [0.15, 0.2) is 0 Å². The van der Waals surface area contributed by atoms with Crippen LogP contribution < -0.4 is 14.4 Å². The Labute approximate surface area is 256 Å². The van der Waals surface area contributed by atoms with Gasteiger partial charge in [0.05, 0.1) is 17.2 Å². The van der Waals surface area contributed by atoms with Crippen LogP contribution in [0.2, 0.25) is 10.0 Å². The van der Waals surface area contributed by atoms with E-state index in [1.165, 1.54) is 35.8 Å². The fourth-order valence-corrected chi connectivity index (χ4v) is 6.62. The van der Waals surface area contributed by atoms with Crippen LogP contribution in [0, 0.1) is 0 Å². The lowest BCUT2D eigenvalue weighted by molar-refractivity contribution is -0.140. The molecule has 0 radical (unpaired) electrons. The first-order valence-corrected chi connectivity index (χ1v) is 16.3. The van der Waals surface area contributed by atoms with Crippen molar-refractivity contribution < 1.29 is 22.7 Å². The molecule has 0 heterocycles. The molecule has 8 nitrogen and oxygen atoms in total. The lowest BCUT2D eigenvalue weighted by atomic mass is 10.1. The molecule has 0 fully saturated rings. The number of hydrogen-bond acceptors (Lipinski definition) is 6. The Morgan fingerprint density at radius 2 is 1.61 bits per heavy atom. The normalized spacial score (nSPS) is 12.0. The van der Waals surface area contributed by atoms with Crippen molar-refractivity contribution in [2.24, 2.45) is 0 Å². The fourth-order valence-electron chi connectivity index (χ4n) is 4.27. The van der Waals surface area contributed by atoms with Crippen molar-refractivity contribution in [1.29, 1.82) is 0 Å². The molecule has 1 unspecified atom stereocenters. The van der Waals surface area contributed by atoms with E-state index in [-0.39, 0.29) is 30.2 Å². The number of carbonyl (C=O) groups excluding carboxylic acids is 2. The third-order valence-electron chi connectivity index (χ3n) is 6.38. The molecule has 41 heavy (non-hydrogen) atoms. The minimum absolute atomic E-state index is 0.00782. The van der Waals surface area contributed by atoms with Gasteiger partial charge in [-0.3, -0.25) is 13.9 Å². The zero-order valence-electron chi connectivity index (χ0n) is 23.3. The Hall–Kier alpha value is -2.92. The highest BCUT2D eigenvalue weighted by atomic mass is 35.5. The van der Waals surface area contributed by atoms with Gasteiger partial charge in [-0.15, -0.1) is 11.8 Å². The Bertz CT molecular complexity index is 1450. The van der Waals surface area contributed by atoms with Crippen LogP contribution in [-0.2, 0) is 26.2 Å². The molecule has 3 rings (SSSR count). The van der Waals surface area contributed by atoms with E-state index in [2.05, 4.69) is 5.32 Å². The molecule has 3 aromatic carbocycles. The summed E-state index contributed by atoms with van der Waals surface area (Å²) < 4.78 is 35.0. The number of hydrogen-bond donors (Lipinski definition) is 1. The first kappa shape index (κ1) is 32.6. The molecule has 0 spiro atoms. The van der Waals surface area contributed by atoms with Crippen LogP contribution in [0.4, 0.5) is 5.69 Å². The lowest BCUT2D eigenvalue weighted by Gasteiger charge is -2.33. The minimum atomic E-state index is -4.25. The maximum Gasteiger partial charge on any atom is 0.264 e. The lowest BCUT2D eigenvalue weighted by Crippen LogP contribution is -2.51. The molecule has 0 saturated heterocycles. The van der Waals surface area contributed by atoms with E-state index >= 15 is 0 Å². The largest absolute Gasteiger partial charge is 0.492 e. The van der Waals surface area contributed by atoms with E-state index in [0.29, 0.717) is 21.4 Å². The van der Waals surface area contributed by atoms with E-state index in [1.807, 2.05) is 6.26 Å². The average Bonchev–Trinajstić information content (AvgIpc) is 2.97. The van der Waals surface area contributed by atoms with Crippen LogP contribution in [0.5, 0.6) is 5.75 Å². The van der Waals surface area contributed by atoms with Gasteiger partial charge in [0.2, 0.25) is 11.8 Å². The molecule has 2 amide bonds. The molecule has 0 aliphatic rings. The van der Waals surface area contributed by atoms with Crippen LogP contribution in [0.25, 0.3) is 0 Å². The molecule has 0 bridgehead atoms. The van der Waals surface area contributed by atoms with E-state index in [0.717, 1.165) is 9.20 Å². The number of ether oxygens (including phenoxy) is 1. The smallest absolute Gasteiger partial charge is 0.264 e. The molecule has 1 atom stereocenters. The molecule has 220 valence electrons. The second-order valence-electron chi connectivity index (χ2n) is 8.85. The van der Waals surface area contributed by atoms with Crippen LogP contribution in [0.15, 0.2) is 76.5 Å². The number of sulfonamides is 1. The van der Waals surface area contributed by atoms with Crippen molar-refractivity contribution in [2.75, 3.05) is 30.8 Å². The minimum Gasteiger partial charge on any atom is -0.492 e. The first-order chi connectivity index (χ1) is 19.6. The SMILES string of the molecule is CCOc1ccccc1N(CC(=O)N(Cc1c(Cl)cccc1Cl)C(CC)C(=O)NC)S(=O)(=O)c1ccc(SC)cc1. The summed E-state index contributed by atoms with van der Waals surface area (Å²) in [4.78, 5) is 29.2. The fraction of sp³-hybridized carbons (Fsp3) is 0.310. The van der Waals surface area contributed by atoms with Crippen molar-refractivity contribution in [3.8, 4) is 5.75 Å². The number of rotatable bonds is 13. The second-order valence-corrected chi connectivity index (χ2v) is 12.4. The number of nitrogens with zero attached hydrogens (tertiary/aromatic N) is 2. The third kappa shape index (κ3) is 7.68. The molecular formula is C29H33Cl2N3O5S2. The van der Waals surface area contributed by atoms with Crippen molar-refractivity contribution in [3.05, 3.63) is 82.3 Å². The number of anilines is 1. The van der Waals surface area contributed by atoms with Gasteiger partial charge in [0.1, 0.15) is 18.3 Å². The summed E-state index contributed by atoms with van der Waals surface area (Å²) in [6.07, 6.45) is 2.16. The van der Waals surface area contributed by atoms with Crippen molar-refractivity contribution in [2.45, 2.75) is 42.6 Å². The van der Waals surface area contributed by atoms with Gasteiger partial charge in [0, 0.05) is 34.1 Å². The summed E-state index contributed by atoms with van der Waals surface area (Å²) in [5.41, 5.74) is 0.642. The zero-order chi connectivity index (χ0) is 30.2. The number of thioether (sulfide) groups is 1. The van der Waals surface area contributed by atoms with Gasteiger partial charge in [0.25, 0.3) is 10.0 Å². The number of para-hydroxylation sites is 2. The molecule has 3 aromatic rings. The maximum atomic E-state index is 14.1. The molecule has 1 N–H and O–H groups in total. The van der Waals surface area contributed by atoms with E-state index < -0.39 is 34.4 Å². The van der Waals surface area contributed by atoms with E-state index in [1.54, 1.807) is 68.4 Å². The first-order valence-electron chi connectivity index (χ1n) is 12.9. The van der Waals surface area contributed by atoms with Crippen LogP contribution in [0.1, 0.15) is 25.8 Å². The number of likely N-dealkylation sites (N-methyl/N-ethyl adjacent to an activating group) is 1. The van der Waals surface area contributed by atoms with Gasteiger partial charge in [-0.2, -0.15) is 0 Å². The third-order valence-corrected chi connectivity index (χ3v) is 9.61. The predicted molar refractivity (Wildman–Crippen MR) is 166 cm³/mol. The second kappa shape index (κ2) is 14.8. The number of halogens is 2. The molecule has 0 aromatic heterocycles. The predicted octanol–water partition coefficient (Wildman–Crippen LogP) is 5.86. The van der Waals surface area contributed by atoms with Crippen molar-refractivity contribution in [1.82, 2.24) is 10.2 Å². The number of amides is 2. The molecule has 0 saturated carbocycles. The summed E-state index contributed by atoms with van der Waals surface area (Å²) in [7, 11) is -2.78. The summed E-state index contributed by atoms with van der Waals surface area (Å²) in [6, 6.07) is 17.1. The molecule has 0 aliphatic carbocycles. The molecular weight excluding hydrogens is 605 g/mol. The molecule has 12 heteroatoms. The number of nitrogens with one attached hydrogen (secondary N) is 1. The summed E-state index contributed by atoms with van der Waals surface area (Å²) in [6.45, 7) is 3.12. The summed E-state index contributed by atoms with van der Waals surface area (Å²) >= 11 is 14.3. The summed E-state index contributed by atoms with van der Waals surface area (Å²) in [5, 5.41) is 3.23. The zero-order valence-corrected chi connectivity index (χ0v) is 26.4.